The van der Waals surface area contributed by atoms with Gasteiger partial charge in [-0.1, -0.05) is 12.1 Å². The van der Waals surface area contributed by atoms with Crippen LogP contribution < -0.4 is 10.2 Å². The Balaban J connectivity index is 1.68. The average molecular weight is 445 g/mol. The molecule has 0 radical (unpaired) electrons. The van der Waals surface area contributed by atoms with Crippen molar-refractivity contribution >= 4 is 22.4 Å². The Labute approximate surface area is 184 Å². The van der Waals surface area contributed by atoms with Crippen LogP contribution in [0.5, 0.6) is 0 Å². The second-order valence-electron chi connectivity index (χ2n) is 8.62. The van der Waals surface area contributed by atoms with Gasteiger partial charge in [0.15, 0.2) is 5.82 Å². The number of benzene rings is 1. The van der Waals surface area contributed by atoms with Crippen LogP contribution in [0.25, 0.3) is 10.8 Å². The molecule has 0 aliphatic carbocycles. The van der Waals surface area contributed by atoms with E-state index >= 15 is 0 Å². The lowest BCUT2D eigenvalue weighted by Crippen LogP contribution is -2.61. The van der Waals surface area contributed by atoms with Crippen molar-refractivity contribution in [3.05, 3.63) is 52.8 Å². The minimum atomic E-state index is -4.40. The fraction of sp³-hybridized carbons (Fsp3) is 0.435. The number of rotatable bonds is 5. The highest BCUT2D eigenvalue weighted by Crippen LogP contribution is 2.36. The Bertz CT molecular complexity index is 1160. The number of nitrogens with zero attached hydrogens (tertiary/aromatic N) is 4. The van der Waals surface area contributed by atoms with Crippen LogP contribution in [0.1, 0.15) is 42.3 Å². The summed E-state index contributed by atoms with van der Waals surface area (Å²) in [5.74, 6) is 1.30. The fourth-order valence-electron chi connectivity index (χ4n) is 4.21. The maximum atomic E-state index is 13.3. The minimum absolute atomic E-state index is 0.195. The van der Waals surface area contributed by atoms with Crippen molar-refractivity contribution in [3.8, 4) is 0 Å². The molecule has 0 saturated carbocycles. The molecule has 1 aliphatic heterocycles. The number of aromatic nitrogens is 3. The van der Waals surface area contributed by atoms with Crippen molar-refractivity contribution in [3.63, 3.8) is 0 Å². The highest BCUT2D eigenvalue weighted by atomic mass is 19.4. The number of fused-ring (bicyclic) bond motifs is 1. The molecule has 170 valence electrons. The van der Waals surface area contributed by atoms with Crippen molar-refractivity contribution in [1.29, 1.82) is 0 Å². The third kappa shape index (κ3) is 3.97. The molecule has 6 nitrogen and oxygen atoms in total. The van der Waals surface area contributed by atoms with E-state index in [1.807, 2.05) is 26.8 Å². The minimum Gasteiger partial charge on any atom is -0.375 e. The number of hydrogen-bond acceptors (Lipinski definition) is 6. The number of methoxy groups -OCH3 is 1. The lowest BCUT2D eigenvalue weighted by Gasteiger charge is -2.47. The second-order valence-corrected chi connectivity index (χ2v) is 8.62. The van der Waals surface area contributed by atoms with Crippen LogP contribution >= 0.6 is 0 Å². The first-order valence-electron chi connectivity index (χ1n) is 10.4. The van der Waals surface area contributed by atoms with E-state index in [0.717, 1.165) is 41.4 Å². The Kier molecular flexibility index (Phi) is 5.48. The normalized spacial score (nSPS) is 16.7. The van der Waals surface area contributed by atoms with E-state index in [1.165, 1.54) is 13.0 Å². The van der Waals surface area contributed by atoms with Gasteiger partial charge in [-0.15, -0.1) is 5.10 Å². The van der Waals surface area contributed by atoms with Gasteiger partial charge in [-0.2, -0.15) is 18.3 Å². The van der Waals surface area contributed by atoms with Gasteiger partial charge in [0.2, 0.25) is 0 Å². The van der Waals surface area contributed by atoms with Crippen LogP contribution in [0.15, 0.2) is 30.5 Å². The van der Waals surface area contributed by atoms with E-state index < -0.39 is 17.8 Å². The van der Waals surface area contributed by atoms with Gasteiger partial charge in [0, 0.05) is 37.2 Å². The average Bonchev–Trinajstić information content (AvgIpc) is 2.72. The number of pyridine rings is 1. The SMILES string of the molecule is COC1(C)CN(c2cc3c(N[C@H](C)c4cccc(C(F)(F)F)c4C)nnc(C)c3cn2)C1. The second kappa shape index (κ2) is 7.88. The molecule has 3 heterocycles. The van der Waals surface area contributed by atoms with E-state index in [1.54, 1.807) is 19.4 Å². The van der Waals surface area contributed by atoms with Crippen molar-refractivity contribution in [2.75, 3.05) is 30.4 Å². The van der Waals surface area contributed by atoms with Crippen LogP contribution in [0.2, 0.25) is 0 Å². The molecule has 1 fully saturated rings. The summed E-state index contributed by atoms with van der Waals surface area (Å²) in [4.78, 5) is 6.68. The summed E-state index contributed by atoms with van der Waals surface area (Å²) in [6.45, 7) is 8.66. The van der Waals surface area contributed by atoms with Crippen molar-refractivity contribution < 1.29 is 17.9 Å². The fourth-order valence-corrected chi connectivity index (χ4v) is 4.21. The molecule has 1 atom stereocenters. The summed E-state index contributed by atoms with van der Waals surface area (Å²) in [5.41, 5.74) is 0.667. The third-order valence-electron chi connectivity index (χ3n) is 6.20. The first-order valence-corrected chi connectivity index (χ1v) is 10.4. The first-order chi connectivity index (χ1) is 15.0. The van der Waals surface area contributed by atoms with E-state index in [9.17, 15) is 13.2 Å². The number of halogens is 3. The van der Waals surface area contributed by atoms with Gasteiger partial charge in [0.25, 0.3) is 0 Å². The van der Waals surface area contributed by atoms with E-state index in [0.29, 0.717) is 11.4 Å². The van der Waals surface area contributed by atoms with Crippen molar-refractivity contribution in [2.45, 2.75) is 45.5 Å². The lowest BCUT2D eigenvalue weighted by atomic mass is 9.96. The first kappa shape index (κ1) is 22.3. The molecule has 1 saturated heterocycles. The Morgan fingerprint density at radius 2 is 1.88 bits per heavy atom. The standard InChI is InChI=1S/C23H26F3N5O/c1-13-16(7-6-8-19(13)23(24,25)26)14(2)28-21-17-9-20(31-11-22(4,12-31)32-5)27-10-18(17)15(3)29-30-21/h6-10,14H,11-12H2,1-5H3,(H,28,30)/t14-/m1/s1. The molecular formula is C23H26F3N5O. The molecule has 2 aromatic heterocycles. The number of anilines is 2. The van der Waals surface area contributed by atoms with Crippen LogP contribution in [-0.2, 0) is 10.9 Å². The highest BCUT2D eigenvalue weighted by Gasteiger charge is 2.39. The largest absolute Gasteiger partial charge is 0.416 e. The van der Waals surface area contributed by atoms with Gasteiger partial charge in [-0.05, 0) is 51.0 Å². The zero-order valence-electron chi connectivity index (χ0n) is 18.7. The quantitative estimate of drug-likeness (QED) is 0.592. The molecule has 0 bridgehead atoms. The third-order valence-corrected chi connectivity index (χ3v) is 6.20. The maximum Gasteiger partial charge on any atom is 0.416 e. The van der Waals surface area contributed by atoms with Gasteiger partial charge < -0.3 is 15.0 Å². The van der Waals surface area contributed by atoms with Crippen LogP contribution in [0.4, 0.5) is 24.8 Å². The molecule has 32 heavy (non-hydrogen) atoms. The smallest absolute Gasteiger partial charge is 0.375 e. The molecule has 3 aromatic rings. The van der Waals surface area contributed by atoms with Crippen LogP contribution in [0.3, 0.4) is 0 Å². The summed E-state index contributed by atoms with van der Waals surface area (Å²) >= 11 is 0. The predicted molar refractivity (Wildman–Crippen MR) is 118 cm³/mol. The lowest BCUT2D eigenvalue weighted by molar-refractivity contribution is -0.138. The molecule has 0 unspecified atom stereocenters. The number of alkyl halides is 3. The topological polar surface area (TPSA) is 63.2 Å². The van der Waals surface area contributed by atoms with Crippen LogP contribution in [-0.4, -0.2) is 41.0 Å². The Morgan fingerprint density at radius 1 is 1.16 bits per heavy atom. The zero-order chi connectivity index (χ0) is 23.3. The number of aryl methyl sites for hydroxylation is 1. The number of nitrogens with one attached hydrogen (secondary N) is 1. The molecule has 1 aliphatic rings. The van der Waals surface area contributed by atoms with E-state index in [-0.39, 0.29) is 11.2 Å². The summed E-state index contributed by atoms with van der Waals surface area (Å²) in [7, 11) is 1.70. The molecule has 9 heteroatoms. The van der Waals surface area contributed by atoms with E-state index in [2.05, 4.69) is 25.4 Å². The summed E-state index contributed by atoms with van der Waals surface area (Å²) in [6.07, 6.45) is -2.63. The summed E-state index contributed by atoms with van der Waals surface area (Å²) in [6, 6.07) is 5.77. The number of hydrogen-bond donors (Lipinski definition) is 1. The van der Waals surface area contributed by atoms with Gasteiger partial charge in [0.1, 0.15) is 5.82 Å². The van der Waals surface area contributed by atoms with Crippen molar-refractivity contribution in [2.24, 2.45) is 0 Å². The van der Waals surface area contributed by atoms with Crippen molar-refractivity contribution in [1.82, 2.24) is 15.2 Å². The molecule has 0 amide bonds. The van der Waals surface area contributed by atoms with Gasteiger partial charge in [-0.25, -0.2) is 4.98 Å². The Hall–Kier alpha value is -2.94. The molecule has 1 aromatic carbocycles. The Morgan fingerprint density at radius 3 is 2.53 bits per heavy atom. The van der Waals surface area contributed by atoms with Gasteiger partial charge >= 0.3 is 6.18 Å². The van der Waals surface area contributed by atoms with E-state index in [4.69, 9.17) is 4.74 Å². The summed E-state index contributed by atoms with van der Waals surface area (Å²) < 4.78 is 45.6. The summed E-state index contributed by atoms with van der Waals surface area (Å²) in [5, 5.41) is 13.5. The van der Waals surface area contributed by atoms with Gasteiger partial charge in [-0.3, -0.25) is 0 Å². The highest BCUT2D eigenvalue weighted by molar-refractivity contribution is 5.94. The number of ether oxygens (including phenoxy) is 1. The zero-order valence-corrected chi connectivity index (χ0v) is 18.7. The predicted octanol–water partition coefficient (Wildman–Crippen LogP) is 5.06. The monoisotopic (exact) mass is 445 g/mol. The molecule has 0 spiro atoms. The maximum absolute atomic E-state index is 13.3. The molecule has 4 rings (SSSR count). The van der Waals surface area contributed by atoms with Crippen LogP contribution in [0, 0.1) is 13.8 Å². The molecule has 1 N–H and O–H groups in total. The van der Waals surface area contributed by atoms with Gasteiger partial charge in [0.05, 0.1) is 22.9 Å². The molecular weight excluding hydrogens is 419 g/mol.